The predicted octanol–water partition coefficient (Wildman–Crippen LogP) is 4.18. The Balaban J connectivity index is 2.01. The molecule has 0 aliphatic rings. The number of aromatic amines is 1. The first-order valence-electron chi connectivity index (χ1n) is 7.78. The van der Waals surface area contributed by atoms with Crippen molar-refractivity contribution in [3.63, 3.8) is 0 Å². The fourth-order valence-electron chi connectivity index (χ4n) is 1.86. The van der Waals surface area contributed by atoms with E-state index in [0.29, 0.717) is 26.9 Å². The largest absolute Gasteiger partial charge is 0.325 e. The molecule has 2 rings (SSSR count). The Bertz CT molecular complexity index is 778. The molecule has 1 heterocycles. The van der Waals surface area contributed by atoms with Gasteiger partial charge >= 0.3 is 0 Å². The quantitative estimate of drug-likeness (QED) is 0.541. The molecule has 0 saturated carbocycles. The second-order valence-corrected chi connectivity index (χ2v) is 8.99. The lowest BCUT2D eigenvalue weighted by molar-refractivity contribution is -0.115. The third-order valence-corrected chi connectivity index (χ3v) is 5.47. The number of aromatic nitrogens is 2. The van der Waals surface area contributed by atoms with Crippen LogP contribution in [0.5, 0.6) is 0 Å². The summed E-state index contributed by atoms with van der Waals surface area (Å²) in [4.78, 5) is 31.2. The highest BCUT2D eigenvalue weighted by Gasteiger charge is 2.16. The number of hydrogen-bond donors (Lipinski definition) is 2. The third kappa shape index (κ3) is 6.76. The molecule has 25 heavy (non-hydrogen) atoms. The molecule has 1 amide bonds. The zero-order valence-corrected chi connectivity index (χ0v) is 16.6. The number of hydrogen-bond acceptors (Lipinski definition) is 5. The first-order valence-corrected chi connectivity index (χ1v) is 10.1. The molecule has 8 heteroatoms. The summed E-state index contributed by atoms with van der Waals surface area (Å²) in [5.41, 5.74) is 1.18. The van der Waals surface area contributed by atoms with Crippen molar-refractivity contribution >= 4 is 46.7 Å². The highest BCUT2D eigenvalue weighted by molar-refractivity contribution is 8.00. The summed E-state index contributed by atoms with van der Waals surface area (Å²) in [6, 6.07) is 8.40. The van der Waals surface area contributed by atoms with Gasteiger partial charge in [-0.15, -0.1) is 0 Å². The van der Waals surface area contributed by atoms with Gasteiger partial charge in [-0.25, -0.2) is 4.98 Å². The van der Waals surface area contributed by atoms with Crippen molar-refractivity contribution in [1.29, 1.82) is 0 Å². The van der Waals surface area contributed by atoms with Crippen molar-refractivity contribution in [3.8, 4) is 0 Å². The molecule has 0 saturated heterocycles. The number of carbonyl (C=O) groups excluding carboxylic acids is 1. The van der Waals surface area contributed by atoms with E-state index in [4.69, 9.17) is 11.6 Å². The zero-order valence-electron chi connectivity index (χ0n) is 14.2. The average molecular weight is 398 g/mol. The smallest absolute Gasteiger partial charge is 0.251 e. The molecule has 0 radical (unpaired) electrons. The van der Waals surface area contributed by atoms with Crippen molar-refractivity contribution in [2.75, 3.05) is 5.32 Å². The van der Waals surface area contributed by atoms with Gasteiger partial charge in [0, 0.05) is 22.5 Å². The van der Waals surface area contributed by atoms with Crippen molar-refractivity contribution in [2.45, 2.75) is 42.2 Å². The maximum Gasteiger partial charge on any atom is 0.251 e. The van der Waals surface area contributed by atoms with E-state index < -0.39 is 5.25 Å². The normalized spacial score (nSPS) is 12.2. The molecular formula is C17H20ClN3O2S2. The molecule has 5 nitrogen and oxygen atoms in total. The number of thioether (sulfide) groups is 2. The Morgan fingerprint density at radius 1 is 1.28 bits per heavy atom. The molecule has 1 aromatic heterocycles. The van der Waals surface area contributed by atoms with Crippen LogP contribution >= 0.6 is 35.1 Å². The van der Waals surface area contributed by atoms with Crippen LogP contribution in [0.25, 0.3) is 0 Å². The molecule has 1 unspecified atom stereocenters. The Kier molecular flexibility index (Phi) is 7.40. The van der Waals surface area contributed by atoms with Gasteiger partial charge in [0.1, 0.15) is 0 Å². The van der Waals surface area contributed by atoms with Crippen molar-refractivity contribution in [3.05, 3.63) is 51.4 Å². The first kappa shape index (κ1) is 19.9. The molecule has 0 aliphatic carbocycles. The van der Waals surface area contributed by atoms with E-state index >= 15 is 0 Å². The Morgan fingerprint density at radius 2 is 1.96 bits per heavy atom. The van der Waals surface area contributed by atoms with Gasteiger partial charge in [0.2, 0.25) is 5.91 Å². The SMILES string of the molecule is CC(C)SCc1cc(=O)[nH]c(SC(C)C(=O)Nc2ccc(Cl)cc2)n1. The van der Waals surface area contributed by atoms with E-state index in [0.717, 1.165) is 5.69 Å². The summed E-state index contributed by atoms with van der Waals surface area (Å²) in [7, 11) is 0. The summed E-state index contributed by atoms with van der Waals surface area (Å²) in [5.74, 6) is 0.498. The van der Waals surface area contributed by atoms with Gasteiger partial charge in [-0.2, -0.15) is 11.8 Å². The van der Waals surface area contributed by atoms with Crippen LogP contribution in [0.15, 0.2) is 40.3 Å². The van der Waals surface area contributed by atoms with E-state index in [1.807, 2.05) is 0 Å². The minimum Gasteiger partial charge on any atom is -0.325 e. The van der Waals surface area contributed by atoms with Gasteiger partial charge < -0.3 is 10.3 Å². The molecule has 1 atom stereocenters. The van der Waals surface area contributed by atoms with Crippen molar-refractivity contribution in [2.24, 2.45) is 0 Å². The molecule has 0 fully saturated rings. The summed E-state index contributed by atoms with van der Waals surface area (Å²) >= 11 is 8.77. The number of benzene rings is 1. The predicted molar refractivity (Wildman–Crippen MR) is 107 cm³/mol. The Morgan fingerprint density at radius 3 is 2.60 bits per heavy atom. The summed E-state index contributed by atoms with van der Waals surface area (Å²) in [6.45, 7) is 5.96. The van der Waals surface area contributed by atoms with E-state index in [2.05, 4.69) is 29.1 Å². The third-order valence-electron chi connectivity index (χ3n) is 3.11. The van der Waals surface area contributed by atoms with Crippen LogP contribution in [0.4, 0.5) is 5.69 Å². The number of rotatable bonds is 7. The monoisotopic (exact) mass is 397 g/mol. The van der Waals surface area contributed by atoms with Crippen LogP contribution in [0.1, 0.15) is 26.5 Å². The van der Waals surface area contributed by atoms with Crippen LogP contribution in [0.3, 0.4) is 0 Å². The van der Waals surface area contributed by atoms with Crippen LogP contribution < -0.4 is 10.9 Å². The number of H-pyrrole nitrogens is 1. The van der Waals surface area contributed by atoms with Gasteiger partial charge in [-0.1, -0.05) is 37.2 Å². The average Bonchev–Trinajstić information content (AvgIpc) is 2.54. The lowest BCUT2D eigenvalue weighted by Crippen LogP contribution is -2.23. The standard InChI is InChI=1S/C17H20ClN3O2S2/c1-10(2)24-9-14-8-15(22)21-17(20-14)25-11(3)16(23)19-13-6-4-12(18)5-7-13/h4-8,10-11H,9H2,1-3H3,(H,19,23)(H,20,21,22). The minimum atomic E-state index is -0.410. The van der Waals surface area contributed by atoms with E-state index in [1.54, 1.807) is 43.0 Å². The van der Waals surface area contributed by atoms with Gasteiger partial charge in [-0.3, -0.25) is 9.59 Å². The fourth-order valence-corrected chi connectivity index (χ4v) is 3.47. The number of nitrogens with one attached hydrogen (secondary N) is 2. The Labute approximate surface area is 160 Å². The number of carbonyl (C=O) groups is 1. The maximum atomic E-state index is 12.3. The van der Waals surface area contributed by atoms with E-state index in [-0.39, 0.29) is 11.5 Å². The molecule has 2 N–H and O–H groups in total. The zero-order chi connectivity index (χ0) is 18.4. The molecule has 0 bridgehead atoms. The van der Waals surface area contributed by atoms with E-state index in [1.165, 1.54) is 17.8 Å². The summed E-state index contributed by atoms with van der Waals surface area (Å²) in [6.07, 6.45) is 0. The number of anilines is 1. The molecule has 1 aromatic carbocycles. The van der Waals surface area contributed by atoms with E-state index in [9.17, 15) is 9.59 Å². The van der Waals surface area contributed by atoms with Gasteiger partial charge in [0.25, 0.3) is 5.56 Å². The first-order chi connectivity index (χ1) is 11.8. The molecule has 0 aliphatic heterocycles. The van der Waals surface area contributed by atoms with Crippen LogP contribution in [0.2, 0.25) is 5.02 Å². The van der Waals surface area contributed by atoms with Crippen LogP contribution in [0, 0.1) is 0 Å². The van der Waals surface area contributed by atoms with Gasteiger partial charge in [-0.05, 0) is 36.4 Å². The lowest BCUT2D eigenvalue weighted by Gasteiger charge is -2.12. The fraction of sp³-hybridized carbons (Fsp3) is 0.353. The maximum absolute atomic E-state index is 12.3. The van der Waals surface area contributed by atoms with Crippen LogP contribution in [-0.2, 0) is 10.5 Å². The topological polar surface area (TPSA) is 74.8 Å². The second kappa shape index (κ2) is 9.31. The number of nitrogens with zero attached hydrogens (tertiary/aromatic N) is 1. The molecule has 2 aromatic rings. The molecular weight excluding hydrogens is 378 g/mol. The second-order valence-electron chi connectivity index (χ2n) is 5.66. The van der Waals surface area contributed by atoms with Gasteiger partial charge in [0.05, 0.1) is 10.9 Å². The highest BCUT2D eigenvalue weighted by atomic mass is 35.5. The number of halogens is 1. The van der Waals surface area contributed by atoms with Crippen molar-refractivity contribution < 1.29 is 4.79 Å². The van der Waals surface area contributed by atoms with Gasteiger partial charge in [0.15, 0.2) is 5.16 Å². The molecule has 134 valence electrons. The molecule has 0 spiro atoms. The Hall–Kier alpha value is -1.44. The summed E-state index contributed by atoms with van der Waals surface area (Å²) < 4.78 is 0. The van der Waals surface area contributed by atoms with Crippen molar-refractivity contribution in [1.82, 2.24) is 9.97 Å². The summed E-state index contributed by atoms with van der Waals surface area (Å²) in [5, 5.41) is 3.92. The highest BCUT2D eigenvalue weighted by Crippen LogP contribution is 2.22. The number of amides is 1. The minimum absolute atomic E-state index is 0.170. The lowest BCUT2D eigenvalue weighted by atomic mass is 10.3. The van der Waals surface area contributed by atoms with Crippen LogP contribution in [-0.4, -0.2) is 26.4 Å².